The topological polar surface area (TPSA) is 53.2 Å². The van der Waals surface area contributed by atoms with Crippen LogP contribution in [0.3, 0.4) is 0 Å². The molecule has 2 aliphatic rings. The molecule has 2 aromatic carbocycles. The van der Waals surface area contributed by atoms with Crippen LogP contribution >= 0.6 is 23.5 Å². The summed E-state index contributed by atoms with van der Waals surface area (Å²) in [5, 5.41) is 3.08. The first-order valence-corrected chi connectivity index (χ1v) is 11.1. The van der Waals surface area contributed by atoms with E-state index < -0.39 is 0 Å². The van der Waals surface area contributed by atoms with Crippen LogP contribution in [-0.4, -0.2) is 23.5 Å². The Morgan fingerprint density at radius 1 is 0.962 bits per heavy atom. The zero-order valence-corrected chi connectivity index (χ0v) is 16.1. The lowest BCUT2D eigenvalue weighted by atomic mass is 10.0. The van der Waals surface area contributed by atoms with Gasteiger partial charge in [0.1, 0.15) is 6.04 Å². The summed E-state index contributed by atoms with van der Waals surface area (Å²) in [6, 6.07) is 18.4. The highest BCUT2D eigenvalue weighted by atomic mass is 32.2. The van der Waals surface area contributed by atoms with E-state index in [2.05, 4.69) is 40.4 Å². The van der Waals surface area contributed by atoms with E-state index in [4.69, 9.17) is 0 Å². The lowest BCUT2D eigenvalue weighted by Crippen LogP contribution is -2.39. The number of anilines is 1. The van der Waals surface area contributed by atoms with Crippen molar-refractivity contribution in [2.75, 3.05) is 16.8 Å². The smallest absolute Gasteiger partial charge is 0.242 e. The fourth-order valence-corrected chi connectivity index (χ4v) is 6.18. The standard InChI is InChI=1S/C20H23N3OS2/c24-19(18-13-17(22-23-18)14-6-2-1-3-7-14)21-16-9-4-8-15(12-16)20-25-10-5-11-26-20/h1-4,6-9,12,17-18,20,22-23H,5,10-11,13H2,(H,21,24). The summed E-state index contributed by atoms with van der Waals surface area (Å²) < 4.78 is 0.481. The van der Waals surface area contributed by atoms with E-state index in [1.54, 1.807) is 0 Å². The Morgan fingerprint density at radius 2 is 1.73 bits per heavy atom. The molecule has 2 saturated heterocycles. The molecule has 2 aliphatic heterocycles. The average Bonchev–Trinajstić information content (AvgIpc) is 3.20. The molecule has 4 nitrogen and oxygen atoms in total. The first-order chi connectivity index (χ1) is 12.8. The number of carbonyl (C=O) groups is 1. The third kappa shape index (κ3) is 4.26. The number of nitrogens with one attached hydrogen (secondary N) is 3. The van der Waals surface area contributed by atoms with Crippen LogP contribution < -0.4 is 16.2 Å². The van der Waals surface area contributed by atoms with Gasteiger partial charge < -0.3 is 5.32 Å². The van der Waals surface area contributed by atoms with Crippen molar-refractivity contribution in [1.29, 1.82) is 0 Å². The van der Waals surface area contributed by atoms with E-state index in [0.29, 0.717) is 4.58 Å². The van der Waals surface area contributed by atoms with Crippen LogP contribution in [0.5, 0.6) is 0 Å². The van der Waals surface area contributed by atoms with Crippen molar-refractivity contribution in [2.24, 2.45) is 0 Å². The number of hydrogen-bond acceptors (Lipinski definition) is 5. The van der Waals surface area contributed by atoms with Gasteiger partial charge in [-0.1, -0.05) is 42.5 Å². The van der Waals surface area contributed by atoms with E-state index in [1.165, 1.54) is 29.1 Å². The number of amides is 1. The summed E-state index contributed by atoms with van der Waals surface area (Å²) in [6.45, 7) is 0. The van der Waals surface area contributed by atoms with Gasteiger partial charge in [0.2, 0.25) is 5.91 Å². The van der Waals surface area contributed by atoms with Gasteiger partial charge in [0.25, 0.3) is 0 Å². The molecule has 0 radical (unpaired) electrons. The van der Waals surface area contributed by atoms with Gasteiger partial charge >= 0.3 is 0 Å². The maximum absolute atomic E-state index is 12.7. The number of rotatable bonds is 4. The summed E-state index contributed by atoms with van der Waals surface area (Å²) in [6.07, 6.45) is 2.02. The molecular formula is C20H23N3OS2. The average molecular weight is 386 g/mol. The van der Waals surface area contributed by atoms with Crippen LogP contribution in [0.1, 0.15) is 34.6 Å². The SMILES string of the molecule is O=C(Nc1cccc(C2SCCCS2)c1)C1CC(c2ccccc2)NN1. The molecule has 0 saturated carbocycles. The lowest BCUT2D eigenvalue weighted by molar-refractivity contribution is -0.117. The van der Waals surface area contributed by atoms with Gasteiger partial charge in [-0.05, 0) is 47.6 Å². The van der Waals surface area contributed by atoms with E-state index in [1.807, 2.05) is 53.9 Å². The summed E-state index contributed by atoms with van der Waals surface area (Å²) in [4.78, 5) is 12.7. The molecule has 2 aromatic rings. The van der Waals surface area contributed by atoms with E-state index in [9.17, 15) is 4.79 Å². The van der Waals surface area contributed by atoms with Gasteiger partial charge in [-0.2, -0.15) is 0 Å². The summed E-state index contributed by atoms with van der Waals surface area (Å²) in [7, 11) is 0. The molecule has 2 unspecified atom stereocenters. The zero-order valence-electron chi connectivity index (χ0n) is 14.5. The Morgan fingerprint density at radius 3 is 2.54 bits per heavy atom. The van der Waals surface area contributed by atoms with Crippen LogP contribution in [0.25, 0.3) is 0 Å². The highest BCUT2D eigenvalue weighted by molar-refractivity contribution is 8.16. The Labute approximate surface area is 162 Å². The normalized spacial score (nSPS) is 23.7. The molecule has 2 fully saturated rings. The second kappa shape index (κ2) is 8.48. The second-order valence-electron chi connectivity index (χ2n) is 6.58. The quantitative estimate of drug-likeness (QED) is 0.740. The fourth-order valence-electron chi connectivity index (χ4n) is 3.30. The van der Waals surface area contributed by atoms with Gasteiger partial charge in [-0.3, -0.25) is 4.79 Å². The summed E-state index contributed by atoms with van der Waals surface area (Å²) in [5.74, 6) is 2.44. The minimum Gasteiger partial charge on any atom is -0.325 e. The highest BCUT2D eigenvalue weighted by Gasteiger charge is 2.30. The predicted molar refractivity (Wildman–Crippen MR) is 111 cm³/mol. The minimum absolute atomic E-state index is 0.0111. The number of thioether (sulfide) groups is 2. The zero-order chi connectivity index (χ0) is 17.8. The predicted octanol–water partition coefficient (Wildman–Crippen LogP) is 4.10. The maximum Gasteiger partial charge on any atom is 0.242 e. The Bertz CT molecular complexity index is 750. The molecule has 2 heterocycles. The number of benzene rings is 2. The van der Waals surface area contributed by atoms with E-state index >= 15 is 0 Å². The van der Waals surface area contributed by atoms with Crippen molar-refractivity contribution in [3.8, 4) is 0 Å². The molecule has 6 heteroatoms. The molecule has 2 atom stereocenters. The number of hydrogen-bond donors (Lipinski definition) is 3. The fraction of sp³-hybridized carbons (Fsp3) is 0.350. The third-order valence-corrected chi connectivity index (χ3v) is 7.69. The molecule has 3 N–H and O–H groups in total. The van der Waals surface area contributed by atoms with E-state index in [-0.39, 0.29) is 18.0 Å². The summed E-state index contributed by atoms with van der Waals surface area (Å²) >= 11 is 3.99. The van der Waals surface area contributed by atoms with Crippen LogP contribution in [0, 0.1) is 0 Å². The molecule has 4 rings (SSSR count). The molecule has 26 heavy (non-hydrogen) atoms. The largest absolute Gasteiger partial charge is 0.325 e. The second-order valence-corrected chi connectivity index (χ2v) is 9.31. The summed E-state index contributed by atoms with van der Waals surface area (Å²) in [5.41, 5.74) is 9.73. The molecular weight excluding hydrogens is 362 g/mol. The Balaban J connectivity index is 1.38. The van der Waals surface area contributed by atoms with Gasteiger partial charge in [0.15, 0.2) is 0 Å². The Hall–Kier alpha value is -1.47. The third-order valence-electron chi connectivity index (χ3n) is 4.68. The van der Waals surface area contributed by atoms with Crippen molar-refractivity contribution in [3.05, 3.63) is 65.7 Å². The van der Waals surface area contributed by atoms with Gasteiger partial charge in [-0.25, -0.2) is 10.9 Å². The van der Waals surface area contributed by atoms with Crippen molar-refractivity contribution in [2.45, 2.75) is 29.5 Å². The first-order valence-electron chi connectivity index (χ1n) is 8.99. The van der Waals surface area contributed by atoms with Gasteiger partial charge in [0.05, 0.1) is 4.58 Å². The number of hydrazine groups is 1. The number of carbonyl (C=O) groups excluding carboxylic acids is 1. The lowest BCUT2D eigenvalue weighted by Gasteiger charge is -2.21. The van der Waals surface area contributed by atoms with Crippen LogP contribution in [-0.2, 0) is 4.79 Å². The van der Waals surface area contributed by atoms with Crippen LogP contribution in [0.4, 0.5) is 5.69 Å². The van der Waals surface area contributed by atoms with Crippen molar-refractivity contribution in [3.63, 3.8) is 0 Å². The molecule has 0 aromatic heterocycles. The molecule has 0 bridgehead atoms. The van der Waals surface area contributed by atoms with E-state index in [0.717, 1.165) is 12.1 Å². The minimum atomic E-state index is -0.234. The van der Waals surface area contributed by atoms with Crippen molar-refractivity contribution in [1.82, 2.24) is 10.9 Å². The Kier molecular flexibility index (Phi) is 5.84. The van der Waals surface area contributed by atoms with Crippen LogP contribution in [0.2, 0.25) is 0 Å². The maximum atomic E-state index is 12.7. The monoisotopic (exact) mass is 385 g/mol. The van der Waals surface area contributed by atoms with Crippen LogP contribution in [0.15, 0.2) is 54.6 Å². The molecule has 0 aliphatic carbocycles. The molecule has 0 spiro atoms. The molecule has 136 valence electrons. The van der Waals surface area contributed by atoms with Crippen molar-refractivity contribution >= 4 is 35.1 Å². The van der Waals surface area contributed by atoms with Gasteiger partial charge in [-0.15, -0.1) is 23.5 Å². The first kappa shape index (κ1) is 17.9. The molecule has 1 amide bonds. The van der Waals surface area contributed by atoms with Crippen molar-refractivity contribution < 1.29 is 4.79 Å². The van der Waals surface area contributed by atoms with Gasteiger partial charge in [0, 0.05) is 11.7 Å². The highest BCUT2D eigenvalue weighted by Crippen LogP contribution is 2.44.